The molecule has 2 aromatic carbocycles. The SMILES string of the molecule is CC(C)Cn1ccc2c(NC(=O)Cn3nnc4ccccc4c3=O)cccc21. The van der Waals surface area contributed by atoms with Crippen molar-refractivity contribution in [2.24, 2.45) is 5.92 Å². The molecule has 0 aliphatic heterocycles. The molecule has 0 radical (unpaired) electrons. The van der Waals surface area contributed by atoms with Crippen LogP contribution >= 0.6 is 0 Å². The van der Waals surface area contributed by atoms with Crippen molar-refractivity contribution in [2.45, 2.75) is 26.9 Å². The van der Waals surface area contributed by atoms with E-state index in [0.29, 0.717) is 22.5 Å². The van der Waals surface area contributed by atoms with Crippen LogP contribution in [0.25, 0.3) is 21.8 Å². The number of carbonyl (C=O) groups excluding carboxylic acids is 1. The van der Waals surface area contributed by atoms with Gasteiger partial charge >= 0.3 is 0 Å². The number of amides is 1. The lowest BCUT2D eigenvalue weighted by Gasteiger charge is -2.10. The smallest absolute Gasteiger partial charge is 0.278 e. The molecule has 2 aromatic heterocycles. The Kier molecular flexibility index (Phi) is 4.65. The fourth-order valence-corrected chi connectivity index (χ4v) is 3.34. The minimum Gasteiger partial charge on any atom is -0.347 e. The summed E-state index contributed by atoms with van der Waals surface area (Å²) in [5, 5.41) is 12.2. The predicted octanol–water partition coefficient (Wildman–Crippen LogP) is 3.04. The number of hydrogen-bond donors (Lipinski definition) is 1. The first-order valence-corrected chi connectivity index (χ1v) is 9.23. The second kappa shape index (κ2) is 7.26. The van der Waals surface area contributed by atoms with Crippen LogP contribution < -0.4 is 10.9 Å². The highest BCUT2D eigenvalue weighted by Crippen LogP contribution is 2.25. The Morgan fingerprint density at radius 1 is 1.07 bits per heavy atom. The molecular weight excluding hydrogens is 354 g/mol. The quantitative estimate of drug-likeness (QED) is 0.581. The van der Waals surface area contributed by atoms with Gasteiger partial charge in [-0.25, -0.2) is 4.68 Å². The highest BCUT2D eigenvalue weighted by Gasteiger charge is 2.12. The van der Waals surface area contributed by atoms with Crippen molar-refractivity contribution in [1.82, 2.24) is 19.6 Å². The third-order valence-corrected chi connectivity index (χ3v) is 4.57. The van der Waals surface area contributed by atoms with E-state index in [9.17, 15) is 9.59 Å². The number of benzene rings is 2. The van der Waals surface area contributed by atoms with E-state index >= 15 is 0 Å². The lowest BCUT2D eigenvalue weighted by Crippen LogP contribution is -2.30. The highest BCUT2D eigenvalue weighted by molar-refractivity contribution is 6.01. The van der Waals surface area contributed by atoms with Crippen molar-refractivity contribution in [3.8, 4) is 0 Å². The Balaban J connectivity index is 1.58. The molecule has 0 atom stereocenters. The molecule has 4 aromatic rings. The van der Waals surface area contributed by atoms with Crippen molar-refractivity contribution in [2.75, 3.05) is 5.32 Å². The molecule has 4 rings (SSSR count). The fourth-order valence-electron chi connectivity index (χ4n) is 3.34. The van der Waals surface area contributed by atoms with Crippen molar-refractivity contribution in [3.63, 3.8) is 0 Å². The summed E-state index contributed by atoms with van der Waals surface area (Å²) in [4.78, 5) is 25.1. The van der Waals surface area contributed by atoms with Gasteiger partial charge < -0.3 is 9.88 Å². The summed E-state index contributed by atoms with van der Waals surface area (Å²) in [5.41, 5.74) is 1.96. The third-order valence-electron chi connectivity index (χ3n) is 4.57. The van der Waals surface area contributed by atoms with Crippen LogP contribution in [-0.2, 0) is 17.9 Å². The van der Waals surface area contributed by atoms with Crippen LogP contribution in [0.4, 0.5) is 5.69 Å². The van der Waals surface area contributed by atoms with Gasteiger partial charge in [0.15, 0.2) is 0 Å². The number of hydrogen-bond acceptors (Lipinski definition) is 4. The maximum atomic E-state index is 12.6. The van der Waals surface area contributed by atoms with Gasteiger partial charge in [0, 0.05) is 18.1 Å². The standard InChI is InChI=1S/C21H21N5O2/c1-14(2)12-25-11-10-15-17(8-5-9-19(15)25)22-20(27)13-26-21(28)16-6-3-4-7-18(16)23-24-26/h3-11,14H,12-13H2,1-2H3,(H,22,27). The summed E-state index contributed by atoms with van der Waals surface area (Å²) in [6, 6.07) is 14.8. The molecule has 0 saturated heterocycles. The Labute approximate surface area is 161 Å². The van der Waals surface area contributed by atoms with Crippen molar-refractivity contribution in [3.05, 3.63) is 65.1 Å². The molecular formula is C21H21N5O2. The molecule has 1 N–H and O–H groups in total. The van der Waals surface area contributed by atoms with E-state index in [2.05, 4.69) is 34.0 Å². The van der Waals surface area contributed by atoms with E-state index in [1.807, 2.05) is 30.5 Å². The molecule has 1 amide bonds. The molecule has 7 nitrogen and oxygen atoms in total. The number of carbonyl (C=O) groups is 1. The van der Waals surface area contributed by atoms with Gasteiger partial charge in [0.2, 0.25) is 5.91 Å². The Morgan fingerprint density at radius 2 is 1.89 bits per heavy atom. The molecule has 0 bridgehead atoms. The molecule has 0 unspecified atom stereocenters. The average Bonchev–Trinajstić information content (AvgIpc) is 3.08. The first kappa shape index (κ1) is 17.9. The van der Waals surface area contributed by atoms with Gasteiger partial charge in [0.25, 0.3) is 5.56 Å². The predicted molar refractivity (Wildman–Crippen MR) is 109 cm³/mol. The van der Waals surface area contributed by atoms with Gasteiger partial charge in [-0.1, -0.05) is 37.3 Å². The number of fused-ring (bicyclic) bond motifs is 2. The minimum atomic E-state index is -0.331. The first-order chi connectivity index (χ1) is 13.5. The Bertz CT molecular complexity index is 1220. The van der Waals surface area contributed by atoms with Crippen LogP contribution in [-0.4, -0.2) is 25.5 Å². The average molecular weight is 375 g/mol. The van der Waals surface area contributed by atoms with E-state index in [0.717, 1.165) is 22.1 Å². The van der Waals surface area contributed by atoms with Crippen LogP contribution in [0, 0.1) is 5.92 Å². The number of nitrogens with zero attached hydrogens (tertiary/aromatic N) is 4. The van der Waals surface area contributed by atoms with Gasteiger partial charge in [-0.05, 0) is 36.2 Å². The van der Waals surface area contributed by atoms with Gasteiger partial charge in [-0.2, -0.15) is 0 Å². The summed E-state index contributed by atoms with van der Waals surface area (Å²) >= 11 is 0. The second-order valence-electron chi connectivity index (χ2n) is 7.22. The number of nitrogens with one attached hydrogen (secondary N) is 1. The largest absolute Gasteiger partial charge is 0.347 e. The number of anilines is 1. The maximum absolute atomic E-state index is 12.6. The van der Waals surface area contributed by atoms with Gasteiger partial charge in [-0.15, -0.1) is 5.10 Å². The fraction of sp³-hybridized carbons (Fsp3) is 0.238. The molecule has 0 saturated carbocycles. The van der Waals surface area contributed by atoms with Gasteiger partial charge in [0.1, 0.15) is 12.1 Å². The molecule has 28 heavy (non-hydrogen) atoms. The van der Waals surface area contributed by atoms with Crippen LogP contribution in [0.5, 0.6) is 0 Å². The lowest BCUT2D eigenvalue weighted by molar-refractivity contribution is -0.117. The van der Waals surface area contributed by atoms with Crippen molar-refractivity contribution < 1.29 is 4.79 Å². The Morgan fingerprint density at radius 3 is 2.71 bits per heavy atom. The summed E-state index contributed by atoms with van der Waals surface area (Å²) < 4.78 is 3.26. The topological polar surface area (TPSA) is 81.8 Å². The van der Waals surface area contributed by atoms with Crippen molar-refractivity contribution in [1.29, 1.82) is 0 Å². The molecule has 0 fully saturated rings. The van der Waals surface area contributed by atoms with E-state index < -0.39 is 0 Å². The third kappa shape index (κ3) is 3.38. The molecule has 0 aliphatic rings. The van der Waals surface area contributed by atoms with Crippen molar-refractivity contribution >= 4 is 33.4 Å². The molecule has 7 heteroatoms. The van der Waals surface area contributed by atoms with E-state index in [1.54, 1.807) is 24.3 Å². The Hall–Kier alpha value is -3.48. The zero-order chi connectivity index (χ0) is 19.7. The summed E-state index contributed by atoms with van der Waals surface area (Å²) in [6.07, 6.45) is 2.03. The van der Waals surface area contributed by atoms with E-state index in [-0.39, 0.29) is 18.0 Å². The zero-order valence-electron chi connectivity index (χ0n) is 15.8. The normalized spacial score (nSPS) is 11.4. The monoisotopic (exact) mass is 375 g/mol. The van der Waals surface area contributed by atoms with E-state index in [1.165, 1.54) is 0 Å². The lowest BCUT2D eigenvalue weighted by atomic mass is 10.2. The molecule has 0 spiro atoms. The van der Waals surface area contributed by atoms with E-state index in [4.69, 9.17) is 0 Å². The summed E-state index contributed by atoms with van der Waals surface area (Å²) in [6.45, 7) is 5.04. The number of rotatable bonds is 5. The minimum absolute atomic E-state index is 0.195. The highest BCUT2D eigenvalue weighted by atomic mass is 16.2. The van der Waals surface area contributed by atoms with Crippen LogP contribution in [0.1, 0.15) is 13.8 Å². The first-order valence-electron chi connectivity index (χ1n) is 9.23. The molecule has 0 aliphatic carbocycles. The van der Waals surface area contributed by atoms with Crippen LogP contribution in [0.2, 0.25) is 0 Å². The summed E-state index contributed by atoms with van der Waals surface area (Å²) in [7, 11) is 0. The molecule has 142 valence electrons. The summed E-state index contributed by atoms with van der Waals surface area (Å²) in [5.74, 6) is 0.197. The van der Waals surface area contributed by atoms with Crippen LogP contribution in [0.3, 0.4) is 0 Å². The van der Waals surface area contributed by atoms with Gasteiger partial charge in [0.05, 0.1) is 16.6 Å². The number of aromatic nitrogens is 4. The zero-order valence-corrected chi connectivity index (χ0v) is 15.8. The molecule has 2 heterocycles. The maximum Gasteiger partial charge on any atom is 0.278 e. The van der Waals surface area contributed by atoms with Gasteiger partial charge in [-0.3, -0.25) is 9.59 Å². The van der Waals surface area contributed by atoms with Crippen LogP contribution in [0.15, 0.2) is 59.5 Å². The second-order valence-corrected chi connectivity index (χ2v) is 7.22.